The van der Waals surface area contributed by atoms with Crippen LogP contribution >= 0.6 is 0 Å². The Bertz CT molecular complexity index is 1020. The molecular weight excluding hydrogens is 496 g/mol. The van der Waals surface area contributed by atoms with E-state index < -0.39 is 0 Å². The summed E-state index contributed by atoms with van der Waals surface area (Å²) in [7, 11) is 0.658. The van der Waals surface area contributed by atoms with E-state index in [1.54, 1.807) is 6.08 Å². The molecule has 0 heterocycles. The maximum Gasteiger partial charge on any atom is 2.00 e. The van der Waals surface area contributed by atoms with Gasteiger partial charge in [0.1, 0.15) is 0 Å². The molecule has 0 aliphatic heterocycles. The molecule has 0 N–H and O–H groups in total. The second kappa shape index (κ2) is 17.6. The van der Waals surface area contributed by atoms with Crippen LogP contribution in [0.2, 0.25) is 6.55 Å². The van der Waals surface area contributed by atoms with E-state index in [2.05, 4.69) is 94.9 Å². The van der Waals surface area contributed by atoms with Crippen molar-refractivity contribution in [3.8, 4) is 0 Å². The van der Waals surface area contributed by atoms with Gasteiger partial charge >= 0.3 is 26.2 Å². The van der Waals surface area contributed by atoms with Gasteiger partial charge in [0.15, 0.2) is 0 Å². The molecule has 1 nitrogen and oxygen atoms in total. The van der Waals surface area contributed by atoms with Crippen molar-refractivity contribution < 1.29 is 30.6 Å². The molecule has 0 aromatic heterocycles. The number of rotatable bonds is 3. The first-order chi connectivity index (χ1) is 15.4. The van der Waals surface area contributed by atoms with Gasteiger partial charge in [-0.05, 0) is 20.4 Å². The summed E-state index contributed by atoms with van der Waals surface area (Å²) < 4.78 is 4.86. The van der Waals surface area contributed by atoms with Crippen LogP contribution in [0, 0.1) is 27.7 Å². The third-order valence-electron chi connectivity index (χ3n) is 5.27. The summed E-state index contributed by atoms with van der Waals surface area (Å²) >= 11 is 0. The molecular formula is C30H38OSiZr. The quantitative estimate of drug-likeness (QED) is 0.145. The van der Waals surface area contributed by atoms with Gasteiger partial charge in [-0.3, -0.25) is 0 Å². The number of hydrogen-bond donors (Lipinski definition) is 0. The van der Waals surface area contributed by atoms with E-state index in [4.69, 9.17) is 4.43 Å². The number of aryl methyl sites for hydroxylation is 4. The zero-order chi connectivity index (χ0) is 23.9. The van der Waals surface area contributed by atoms with Crippen molar-refractivity contribution in [1.29, 1.82) is 0 Å². The summed E-state index contributed by atoms with van der Waals surface area (Å²) in [6.07, 6.45) is 5.58. The molecule has 0 atom stereocenters. The molecule has 33 heavy (non-hydrogen) atoms. The molecule has 0 amide bonds. The third kappa shape index (κ3) is 10.3. The molecule has 172 valence electrons. The molecule has 4 aromatic rings. The fraction of sp³-hybridized carbons (Fsp3) is 0.267. The normalized spacial score (nSPS) is 9.79. The van der Waals surface area contributed by atoms with Crippen LogP contribution in [0.3, 0.4) is 0 Å². The summed E-state index contributed by atoms with van der Waals surface area (Å²) in [4.78, 5) is 0. The molecule has 0 fully saturated rings. The maximum atomic E-state index is 4.86. The van der Waals surface area contributed by atoms with Gasteiger partial charge in [-0.1, -0.05) is 64.6 Å². The Morgan fingerprint density at radius 1 is 0.848 bits per heavy atom. The largest absolute Gasteiger partial charge is 2.00 e. The number of benzene rings is 2. The van der Waals surface area contributed by atoms with E-state index in [1.165, 1.54) is 43.8 Å². The summed E-state index contributed by atoms with van der Waals surface area (Å²) in [6.45, 7) is 19.0. The summed E-state index contributed by atoms with van der Waals surface area (Å²) in [6, 6.07) is 21.5. The Morgan fingerprint density at radius 3 is 1.52 bits per heavy atom. The average Bonchev–Trinajstić information content (AvgIpc) is 3.26. The second-order valence-corrected chi connectivity index (χ2v) is 8.17. The molecule has 0 spiro atoms. The number of fused-ring (bicyclic) bond motifs is 2. The van der Waals surface area contributed by atoms with Gasteiger partial charge in [0.2, 0.25) is 9.76 Å². The van der Waals surface area contributed by atoms with Gasteiger partial charge in [0.25, 0.3) is 0 Å². The Balaban J connectivity index is 0.000000441. The molecule has 3 heteroatoms. The number of hydrogen-bond acceptors (Lipinski definition) is 1. The predicted octanol–water partition coefficient (Wildman–Crippen LogP) is 8.79. The van der Waals surface area contributed by atoms with E-state index in [-0.39, 0.29) is 26.2 Å². The molecule has 0 aliphatic carbocycles. The Morgan fingerprint density at radius 2 is 1.27 bits per heavy atom. The van der Waals surface area contributed by atoms with Gasteiger partial charge in [-0.25, -0.2) is 0 Å². The molecule has 0 saturated carbocycles. The van der Waals surface area contributed by atoms with Crippen LogP contribution in [0.4, 0.5) is 0 Å². The van der Waals surface area contributed by atoms with E-state index >= 15 is 0 Å². The monoisotopic (exact) mass is 532 g/mol. The first-order valence-electron chi connectivity index (χ1n) is 11.2. The van der Waals surface area contributed by atoms with E-state index in [0.717, 1.165) is 6.61 Å². The van der Waals surface area contributed by atoms with Crippen LogP contribution in [0.25, 0.3) is 21.5 Å². The predicted molar refractivity (Wildman–Crippen MR) is 146 cm³/mol. The Labute approximate surface area is 223 Å². The molecule has 0 unspecified atom stereocenters. The van der Waals surface area contributed by atoms with Gasteiger partial charge in [0.05, 0.1) is 0 Å². The van der Waals surface area contributed by atoms with Gasteiger partial charge in [0, 0.05) is 6.61 Å². The van der Waals surface area contributed by atoms with E-state index in [1.807, 2.05) is 32.5 Å². The van der Waals surface area contributed by atoms with Gasteiger partial charge in [-0.2, -0.15) is 11.1 Å². The topological polar surface area (TPSA) is 9.23 Å². The Hall–Kier alpha value is -1.80. The SMILES string of the molecule is C=CC=CC.CCO[Si]C.Cc1[cH-]c2ccccc2c1C.Cc1[cH-]c2ccccc2c1C.[Zr+2]. The summed E-state index contributed by atoms with van der Waals surface area (Å²) in [5.74, 6) is 0. The van der Waals surface area contributed by atoms with Crippen molar-refractivity contribution >= 4 is 31.3 Å². The minimum absolute atomic E-state index is 0. The van der Waals surface area contributed by atoms with Crippen LogP contribution in [0.5, 0.6) is 0 Å². The van der Waals surface area contributed by atoms with Crippen molar-refractivity contribution in [2.45, 2.75) is 48.1 Å². The standard InChI is InChI=1S/2C11H11.C5H8.C3H8OSi.Zr/c2*1-8-7-10-5-3-4-6-11(10)9(8)2;1-3-5-4-2;1-3-4-5-2;/h2*3-7H,1-2H3;3-5H,1H2,2H3;3H2,1-2H3;/q2*-1;;;+2. The van der Waals surface area contributed by atoms with Crippen LogP contribution in [0.1, 0.15) is 36.1 Å². The summed E-state index contributed by atoms with van der Waals surface area (Å²) in [5, 5.41) is 5.51. The maximum absolute atomic E-state index is 4.86. The molecule has 4 rings (SSSR count). The molecule has 2 radical (unpaired) electrons. The third-order valence-corrected chi connectivity index (χ3v) is 5.85. The fourth-order valence-corrected chi connectivity index (χ4v) is 3.61. The van der Waals surface area contributed by atoms with Crippen LogP contribution in [0.15, 0.2) is 85.5 Å². The van der Waals surface area contributed by atoms with Crippen LogP contribution < -0.4 is 0 Å². The molecule has 0 aliphatic rings. The fourth-order valence-electron chi connectivity index (χ4n) is 3.32. The first kappa shape index (κ1) is 31.2. The molecule has 4 aromatic carbocycles. The first-order valence-corrected chi connectivity index (χ1v) is 12.6. The second-order valence-electron chi connectivity index (χ2n) is 7.48. The van der Waals surface area contributed by atoms with E-state index in [9.17, 15) is 0 Å². The van der Waals surface area contributed by atoms with Crippen molar-refractivity contribution in [2.24, 2.45) is 0 Å². The van der Waals surface area contributed by atoms with Gasteiger partial charge < -0.3 is 4.43 Å². The minimum atomic E-state index is 0. The summed E-state index contributed by atoms with van der Waals surface area (Å²) in [5.41, 5.74) is 5.62. The zero-order valence-electron chi connectivity index (χ0n) is 21.3. The van der Waals surface area contributed by atoms with Crippen molar-refractivity contribution in [3.05, 3.63) is 108 Å². The van der Waals surface area contributed by atoms with Gasteiger partial charge in [-0.15, -0.1) is 81.2 Å². The Kier molecular flexibility index (Phi) is 16.7. The average molecular weight is 534 g/mol. The van der Waals surface area contributed by atoms with Crippen LogP contribution in [-0.2, 0) is 30.6 Å². The van der Waals surface area contributed by atoms with Crippen molar-refractivity contribution in [1.82, 2.24) is 0 Å². The zero-order valence-corrected chi connectivity index (χ0v) is 24.8. The molecule has 0 bridgehead atoms. The number of allylic oxidation sites excluding steroid dienone is 3. The smallest absolute Gasteiger partial charge is 0.418 e. The van der Waals surface area contributed by atoms with Crippen LogP contribution in [-0.4, -0.2) is 16.4 Å². The van der Waals surface area contributed by atoms with E-state index in [0.29, 0.717) is 9.76 Å². The molecule has 0 saturated heterocycles. The van der Waals surface area contributed by atoms with Crippen molar-refractivity contribution in [3.63, 3.8) is 0 Å². The van der Waals surface area contributed by atoms with Crippen molar-refractivity contribution in [2.75, 3.05) is 6.61 Å². The minimum Gasteiger partial charge on any atom is -0.418 e.